The van der Waals surface area contributed by atoms with E-state index in [1.165, 1.54) is 18.9 Å². The number of para-hydroxylation sites is 1. The van der Waals surface area contributed by atoms with Crippen molar-refractivity contribution in [2.75, 3.05) is 23.5 Å². The van der Waals surface area contributed by atoms with Gasteiger partial charge in [-0.15, -0.1) is 0 Å². The lowest BCUT2D eigenvalue weighted by Crippen LogP contribution is -2.44. The van der Waals surface area contributed by atoms with Crippen LogP contribution in [0.2, 0.25) is 5.02 Å². The fraction of sp³-hybridized carbons (Fsp3) is 0.300. The number of methoxy groups -OCH3 is 1. The molecule has 0 spiro atoms. The summed E-state index contributed by atoms with van der Waals surface area (Å²) in [6, 6.07) is 13.0. The monoisotopic (exact) mass is 372 g/mol. The van der Waals surface area contributed by atoms with Crippen LogP contribution in [0.5, 0.6) is 5.75 Å². The van der Waals surface area contributed by atoms with Crippen LogP contribution in [-0.4, -0.2) is 31.5 Å². The van der Waals surface area contributed by atoms with Gasteiger partial charge in [0, 0.05) is 24.3 Å². The zero-order valence-corrected chi connectivity index (χ0v) is 15.8. The number of carbonyl (C=O) groups excluding carboxylic acids is 2. The Labute approximate surface area is 158 Å². The largest absolute Gasteiger partial charge is 0.495 e. The summed E-state index contributed by atoms with van der Waals surface area (Å²) in [5.74, 6) is 0.177. The van der Waals surface area contributed by atoms with E-state index in [1.54, 1.807) is 23.1 Å². The van der Waals surface area contributed by atoms with E-state index in [9.17, 15) is 9.59 Å². The van der Waals surface area contributed by atoms with Gasteiger partial charge in [-0.25, -0.2) is 0 Å². The van der Waals surface area contributed by atoms with Gasteiger partial charge in [-0.3, -0.25) is 9.59 Å². The molecule has 1 aliphatic rings. The van der Waals surface area contributed by atoms with Gasteiger partial charge >= 0.3 is 0 Å². The summed E-state index contributed by atoms with van der Waals surface area (Å²) in [5, 5.41) is 0.392. The fourth-order valence-electron chi connectivity index (χ4n) is 3.36. The topological polar surface area (TPSA) is 49.9 Å². The first-order valence-corrected chi connectivity index (χ1v) is 8.81. The van der Waals surface area contributed by atoms with Gasteiger partial charge in [0.1, 0.15) is 12.3 Å². The van der Waals surface area contributed by atoms with Crippen LogP contribution in [-0.2, 0) is 16.0 Å². The molecule has 0 N–H and O–H groups in total. The molecule has 6 heteroatoms. The molecule has 26 heavy (non-hydrogen) atoms. The van der Waals surface area contributed by atoms with Crippen LogP contribution in [0.1, 0.15) is 19.4 Å². The summed E-state index contributed by atoms with van der Waals surface area (Å²) in [6.45, 7) is 3.41. The Bertz CT molecular complexity index is 853. The maximum absolute atomic E-state index is 13.0. The van der Waals surface area contributed by atoms with Crippen LogP contribution in [0.4, 0.5) is 11.4 Å². The van der Waals surface area contributed by atoms with E-state index in [0.29, 0.717) is 16.5 Å². The number of carbonyl (C=O) groups is 2. The molecule has 1 atom stereocenters. The number of nitrogens with zero attached hydrogens (tertiary/aromatic N) is 2. The van der Waals surface area contributed by atoms with E-state index in [1.807, 2.05) is 31.2 Å². The first-order valence-electron chi connectivity index (χ1n) is 8.44. The average molecular weight is 373 g/mol. The summed E-state index contributed by atoms with van der Waals surface area (Å²) >= 11 is 6.17. The van der Waals surface area contributed by atoms with Crippen molar-refractivity contribution in [3.63, 3.8) is 0 Å². The van der Waals surface area contributed by atoms with Crippen LogP contribution in [0, 0.1) is 0 Å². The van der Waals surface area contributed by atoms with Gasteiger partial charge in [0.2, 0.25) is 11.8 Å². The van der Waals surface area contributed by atoms with E-state index >= 15 is 0 Å². The van der Waals surface area contributed by atoms with E-state index in [2.05, 4.69) is 0 Å². The molecule has 1 heterocycles. The van der Waals surface area contributed by atoms with Gasteiger partial charge in [-0.1, -0.05) is 29.8 Å². The first-order chi connectivity index (χ1) is 12.4. The highest BCUT2D eigenvalue weighted by Crippen LogP contribution is 2.33. The zero-order chi connectivity index (χ0) is 18.8. The van der Waals surface area contributed by atoms with Crippen molar-refractivity contribution in [3.05, 3.63) is 53.1 Å². The first kappa shape index (κ1) is 18.3. The lowest BCUT2D eigenvalue weighted by molar-refractivity contribution is -0.121. The molecule has 0 radical (unpaired) electrons. The van der Waals surface area contributed by atoms with Gasteiger partial charge in [-0.2, -0.15) is 0 Å². The number of anilines is 2. The molecule has 0 aliphatic carbocycles. The molecule has 5 nitrogen and oxygen atoms in total. The van der Waals surface area contributed by atoms with Crippen molar-refractivity contribution in [2.45, 2.75) is 26.3 Å². The Morgan fingerprint density at radius 2 is 2.00 bits per heavy atom. The molecule has 0 fully saturated rings. The van der Waals surface area contributed by atoms with Crippen LogP contribution in [0.25, 0.3) is 0 Å². The third kappa shape index (κ3) is 3.40. The number of halogens is 1. The van der Waals surface area contributed by atoms with Gasteiger partial charge in [-0.05, 0) is 43.2 Å². The molecule has 1 unspecified atom stereocenters. The molecule has 2 amide bonds. The highest BCUT2D eigenvalue weighted by molar-refractivity contribution is 6.32. The van der Waals surface area contributed by atoms with E-state index < -0.39 is 0 Å². The molecule has 0 aromatic heterocycles. The SMILES string of the molecule is COc1ccc(N(CC(=O)N2c3ccccc3CC2C)C(C)=O)cc1Cl. The predicted molar refractivity (Wildman–Crippen MR) is 103 cm³/mol. The summed E-state index contributed by atoms with van der Waals surface area (Å²) in [6.07, 6.45) is 0.816. The maximum Gasteiger partial charge on any atom is 0.247 e. The molecular formula is C20H21ClN2O3. The summed E-state index contributed by atoms with van der Waals surface area (Å²) in [5.41, 5.74) is 2.63. The van der Waals surface area contributed by atoms with Crippen molar-refractivity contribution in [1.29, 1.82) is 0 Å². The predicted octanol–water partition coefficient (Wildman–Crippen LogP) is 3.68. The fourth-order valence-corrected chi connectivity index (χ4v) is 3.62. The highest BCUT2D eigenvalue weighted by atomic mass is 35.5. The van der Waals surface area contributed by atoms with Crippen molar-refractivity contribution < 1.29 is 14.3 Å². The Morgan fingerprint density at radius 1 is 1.27 bits per heavy atom. The van der Waals surface area contributed by atoms with Crippen LogP contribution in [0.3, 0.4) is 0 Å². The minimum atomic E-state index is -0.222. The number of amides is 2. The number of fused-ring (bicyclic) bond motifs is 1. The quantitative estimate of drug-likeness (QED) is 0.822. The second-order valence-corrected chi connectivity index (χ2v) is 6.78. The molecule has 136 valence electrons. The standard InChI is InChI=1S/C20H21ClN2O3/c1-13-10-15-6-4-5-7-18(15)23(13)20(25)12-22(14(2)24)16-8-9-19(26-3)17(21)11-16/h4-9,11,13H,10,12H2,1-3H3. The lowest BCUT2D eigenvalue weighted by Gasteiger charge is -2.27. The Hall–Kier alpha value is -2.53. The van der Waals surface area contributed by atoms with Crippen molar-refractivity contribution in [2.24, 2.45) is 0 Å². The van der Waals surface area contributed by atoms with Gasteiger partial charge < -0.3 is 14.5 Å². The normalized spacial score (nSPS) is 15.5. The second kappa shape index (κ2) is 7.38. The van der Waals surface area contributed by atoms with E-state index in [-0.39, 0.29) is 24.4 Å². The lowest BCUT2D eigenvalue weighted by atomic mass is 10.1. The molecule has 2 aromatic rings. The van der Waals surface area contributed by atoms with Crippen LogP contribution >= 0.6 is 11.6 Å². The average Bonchev–Trinajstić information content (AvgIpc) is 2.95. The molecule has 0 saturated heterocycles. The van der Waals surface area contributed by atoms with E-state index in [4.69, 9.17) is 16.3 Å². The number of benzene rings is 2. The minimum absolute atomic E-state index is 0.0450. The Kier molecular flexibility index (Phi) is 5.18. The van der Waals surface area contributed by atoms with Crippen molar-refractivity contribution in [1.82, 2.24) is 0 Å². The summed E-state index contributed by atoms with van der Waals surface area (Å²) in [4.78, 5) is 28.4. The molecule has 0 saturated carbocycles. The van der Waals surface area contributed by atoms with Gasteiger partial charge in [0.15, 0.2) is 0 Å². The smallest absolute Gasteiger partial charge is 0.247 e. The Morgan fingerprint density at radius 3 is 2.65 bits per heavy atom. The number of hydrogen-bond acceptors (Lipinski definition) is 3. The molecule has 3 rings (SSSR count). The number of hydrogen-bond donors (Lipinski definition) is 0. The zero-order valence-electron chi connectivity index (χ0n) is 15.0. The highest BCUT2D eigenvalue weighted by Gasteiger charge is 2.32. The summed E-state index contributed by atoms with van der Waals surface area (Å²) in [7, 11) is 1.53. The second-order valence-electron chi connectivity index (χ2n) is 6.37. The third-order valence-corrected chi connectivity index (χ3v) is 4.89. The van der Waals surface area contributed by atoms with Gasteiger partial charge in [0.05, 0.1) is 12.1 Å². The molecule has 1 aliphatic heterocycles. The van der Waals surface area contributed by atoms with Crippen molar-refractivity contribution >= 4 is 34.8 Å². The molecule has 0 bridgehead atoms. The van der Waals surface area contributed by atoms with Gasteiger partial charge in [0.25, 0.3) is 0 Å². The third-order valence-electron chi connectivity index (χ3n) is 4.60. The van der Waals surface area contributed by atoms with Crippen molar-refractivity contribution in [3.8, 4) is 5.75 Å². The number of rotatable bonds is 4. The maximum atomic E-state index is 13.0. The van der Waals surface area contributed by atoms with E-state index in [0.717, 1.165) is 17.7 Å². The Balaban J connectivity index is 1.86. The minimum Gasteiger partial charge on any atom is -0.495 e. The molecular weight excluding hydrogens is 352 g/mol. The number of ether oxygens (including phenoxy) is 1. The van der Waals surface area contributed by atoms with Crippen LogP contribution < -0.4 is 14.5 Å². The van der Waals surface area contributed by atoms with Crippen LogP contribution in [0.15, 0.2) is 42.5 Å². The molecule has 2 aromatic carbocycles. The summed E-state index contributed by atoms with van der Waals surface area (Å²) < 4.78 is 5.15.